The van der Waals surface area contributed by atoms with Gasteiger partial charge in [-0.05, 0) is 13.0 Å². The van der Waals surface area contributed by atoms with Gasteiger partial charge in [-0.3, -0.25) is 10.1 Å². The zero-order valence-corrected chi connectivity index (χ0v) is 10.3. The fourth-order valence-corrected chi connectivity index (χ4v) is 1.65. The molecule has 0 atom stereocenters. The first-order valence-corrected chi connectivity index (χ1v) is 5.32. The van der Waals surface area contributed by atoms with E-state index in [1.54, 1.807) is 12.1 Å². The molecule has 2 aromatic rings. The maximum Gasteiger partial charge on any atom is 0.316 e. The van der Waals surface area contributed by atoms with E-state index in [0.717, 1.165) is 0 Å². The summed E-state index contributed by atoms with van der Waals surface area (Å²) in [6, 6.07) is 3.22. The van der Waals surface area contributed by atoms with Crippen LogP contribution >= 0.6 is 0 Å². The van der Waals surface area contributed by atoms with E-state index < -0.39 is 4.92 Å². The van der Waals surface area contributed by atoms with Crippen molar-refractivity contribution in [2.45, 2.75) is 6.92 Å². The monoisotopic (exact) mass is 261 g/mol. The lowest BCUT2D eigenvalue weighted by Crippen LogP contribution is -2.04. The summed E-state index contributed by atoms with van der Waals surface area (Å²) in [6.07, 6.45) is 1.44. The third kappa shape index (κ3) is 2.41. The summed E-state index contributed by atoms with van der Waals surface area (Å²) in [5.41, 5.74) is 6.18. The van der Waals surface area contributed by atoms with Crippen LogP contribution in [0.25, 0.3) is 11.3 Å². The van der Waals surface area contributed by atoms with E-state index in [9.17, 15) is 10.1 Å². The second-order valence-corrected chi connectivity index (χ2v) is 3.71. The first-order chi connectivity index (χ1) is 9.02. The lowest BCUT2D eigenvalue weighted by molar-refractivity contribution is -0.385. The molecule has 0 aliphatic carbocycles. The third-order valence-electron chi connectivity index (χ3n) is 2.48. The van der Waals surface area contributed by atoms with Gasteiger partial charge in [-0.2, -0.15) is 0 Å². The second-order valence-electron chi connectivity index (χ2n) is 3.71. The van der Waals surface area contributed by atoms with Gasteiger partial charge in [0.2, 0.25) is 11.8 Å². The van der Waals surface area contributed by atoms with Gasteiger partial charge in [0.25, 0.3) is 0 Å². The minimum absolute atomic E-state index is 0.0195. The Balaban J connectivity index is 2.62. The van der Waals surface area contributed by atoms with Crippen LogP contribution in [-0.4, -0.2) is 27.0 Å². The van der Waals surface area contributed by atoms with Crippen LogP contribution in [0.15, 0.2) is 18.3 Å². The molecule has 0 aromatic carbocycles. The van der Waals surface area contributed by atoms with E-state index in [1.165, 1.54) is 20.2 Å². The average molecular weight is 261 g/mol. The van der Waals surface area contributed by atoms with Crippen LogP contribution in [0.4, 0.5) is 11.6 Å². The third-order valence-corrected chi connectivity index (χ3v) is 2.48. The molecule has 2 rings (SSSR count). The molecular formula is C11H11N5O3. The van der Waals surface area contributed by atoms with Gasteiger partial charge < -0.3 is 10.5 Å². The maximum absolute atomic E-state index is 11.1. The van der Waals surface area contributed by atoms with Crippen LogP contribution < -0.4 is 10.5 Å². The Labute approximate surface area is 108 Å². The molecule has 2 heterocycles. The Bertz CT molecular complexity index is 627. The molecule has 0 saturated heterocycles. The molecule has 0 aliphatic heterocycles. The van der Waals surface area contributed by atoms with Crippen molar-refractivity contribution in [1.29, 1.82) is 0 Å². The summed E-state index contributed by atoms with van der Waals surface area (Å²) in [5, 5.41) is 11.1. The molecule has 98 valence electrons. The average Bonchev–Trinajstić information content (AvgIpc) is 2.37. The molecule has 2 N–H and O–H groups in total. The highest BCUT2D eigenvalue weighted by Crippen LogP contribution is 2.30. The molecule has 19 heavy (non-hydrogen) atoms. The van der Waals surface area contributed by atoms with Crippen molar-refractivity contribution >= 4 is 11.6 Å². The van der Waals surface area contributed by atoms with Crippen LogP contribution in [0.5, 0.6) is 5.88 Å². The predicted molar refractivity (Wildman–Crippen MR) is 67.6 cm³/mol. The van der Waals surface area contributed by atoms with Crippen LogP contribution in [0, 0.1) is 17.0 Å². The first kappa shape index (κ1) is 12.7. The van der Waals surface area contributed by atoms with Crippen molar-refractivity contribution in [1.82, 2.24) is 15.0 Å². The second kappa shape index (κ2) is 4.84. The number of nitro groups is 1. The number of rotatable bonds is 3. The smallest absolute Gasteiger partial charge is 0.316 e. The molecule has 0 amide bonds. The lowest BCUT2D eigenvalue weighted by atomic mass is 10.1. The van der Waals surface area contributed by atoms with E-state index in [4.69, 9.17) is 10.5 Å². The molecule has 0 spiro atoms. The molecule has 0 saturated carbocycles. The SMILES string of the molecule is COc1ccc(-c2nc(N)nc(C)c2[N+](=O)[O-])cn1. The first-order valence-electron chi connectivity index (χ1n) is 5.32. The predicted octanol–water partition coefficient (Wildman–Crippen LogP) is 1.35. The van der Waals surface area contributed by atoms with E-state index in [1.807, 2.05) is 0 Å². The van der Waals surface area contributed by atoms with Crippen LogP contribution in [0.2, 0.25) is 0 Å². The minimum atomic E-state index is -0.533. The normalized spacial score (nSPS) is 10.2. The molecule has 8 nitrogen and oxygen atoms in total. The van der Waals surface area contributed by atoms with E-state index >= 15 is 0 Å². The fourth-order valence-electron chi connectivity index (χ4n) is 1.65. The van der Waals surface area contributed by atoms with Crippen molar-refractivity contribution in [3.8, 4) is 17.1 Å². The van der Waals surface area contributed by atoms with Gasteiger partial charge in [0, 0.05) is 17.8 Å². The number of hydrogen-bond donors (Lipinski definition) is 1. The van der Waals surface area contributed by atoms with Gasteiger partial charge in [-0.25, -0.2) is 15.0 Å². The number of aromatic nitrogens is 3. The van der Waals surface area contributed by atoms with Gasteiger partial charge in [0.05, 0.1) is 12.0 Å². The Morgan fingerprint density at radius 1 is 1.37 bits per heavy atom. The van der Waals surface area contributed by atoms with Gasteiger partial charge in [0.15, 0.2) is 5.69 Å². The van der Waals surface area contributed by atoms with Crippen LogP contribution in [0.1, 0.15) is 5.69 Å². The molecule has 0 unspecified atom stereocenters. The zero-order valence-electron chi connectivity index (χ0n) is 10.3. The highest BCUT2D eigenvalue weighted by atomic mass is 16.6. The number of nitrogen functional groups attached to an aromatic ring is 1. The summed E-state index contributed by atoms with van der Waals surface area (Å²) in [5.74, 6) is 0.388. The Hall–Kier alpha value is -2.77. The molecule has 0 radical (unpaired) electrons. The number of methoxy groups -OCH3 is 1. The van der Waals surface area contributed by atoms with Gasteiger partial charge in [0.1, 0.15) is 5.69 Å². The Morgan fingerprint density at radius 3 is 2.63 bits per heavy atom. The topological polar surface area (TPSA) is 117 Å². The van der Waals surface area contributed by atoms with Crippen molar-refractivity contribution < 1.29 is 9.66 Å². The number of pyridine rings is 1. The molecular weight excluding hydrogens is 250 g/mol. The summed E-state index contributed by atoms with van der Waals surface area (Å²) in [7, 11) is 1.48. The summed E-state index contributed by atoms with van der Waals surface area (Å²) < 4.78 is 4.93. The van der Waals surface area contributed by atoms with Crippen LogP contribution in [0.3, 0.4) is 0 Å². The standard InChI is InChI=1S/C11H11N5O3/c1-6-10(16(17)18)9(15-11(12)14-6)7-3-4-8(19-2)13-5-7/h3-5H,1-2H3,(H2,12,14,15). The van der Waals surface area contributed by atoms with Crippen LogP contribution in [-0.2, 0) is 0 Å². The Kier molecular flexibility index (Phi) is 3.23. The Morgan fingerprint density at radius 2 is 2.11 bits per heavy atom. The van der Waals surface area contributed by atoms with Crippen molar-refractivity contribution in [2.24, 2.45) is 0 Å². The molecule has 8 heteroatoms. The number of ether oxygens (including phenoxy) is 1. The highest BCUT2D eigenvalue weighted by Gasteiger charge is 2.22. The van der Waals surface area contributed by atoms with Crippen molar-refractivity contribution in [2.75, 3.05) is 12.8 Å². The highest BCUT2D eigenvalue weighted by molar-refractivity contribution is 5.71. The fraction of sp³-hybridized carbons (Fsp3) is 0.182. The molecule has 2 aromatic heterocycles. The molecule has 0 fully saturated rings. The van der Waals surface area contributed by atoms with Crippen molar-refractivity contribution in [3.05, 3.63) is 34.1 Å². The number of aryl methyl sites for hydroxylation is 1. The minimum Gasteiger partial charge on any atom is -0.481 e. The summed E-state index contributed by atoms with van der Waals surface area (Å²) in [6.45, 7) is 1.51. The number of nitrogens with two attached hydrogens (primary N) is 1. The van der Waals surface area contributed by atoms with Crippen molar-refractivity contribution in [3.63, 3.8) is 0 Å². The summed E-state index contributed by atoms with van der Waals surface area (Å²) in [4.78, 5) is 22.3. The lowest BCUT2D eigenvalue weighted by Gasteiger charge is -2.06. The zero-order chi connectivity index (χ0) is 14.0. The van der Waals surface area contributed by atoms with Gasteiger partial charge >= 0.3 is 5.69 Å². The molecule has 0 aliphatic rings. The quantitative estimate of drug-likeness (QED) is 0.654. The maximum atomic E-state index is 11.1. The number of anilines is 1. The number of hydrogen-bond acceptors (Lipinski definition) is 7. The van der Waals surface area contributed by atoms with Gasteiger partial charge in [-0.15, -0.1) is 0 Å². The summed E-state index contributed by atoms with van der Waals surface area (Å²) >= 11 is 0. The number of nitrogens with zero attached hydrogens (tertiary/aromatic N) is 4. The van der Waals surface area contributed by atoms with E-state index in [-0.39, 0.29) is 23.0 Å². The largest absolute Gasteiger partial charge is 0.481 e. The van der Waals surface area contributed by atoms with E-state index in [2.05, 4.69) is 15.0 Å². The van der Waals surface area contributed by atoms with E-state index in [0.29, 0.717) is 11.4 Å². The van der Waals surface area contributed by atoms with Gasteiger partial charge in [-0.1, -0.05) is 0 Å². The molecule has 0 bridgehead atoms.